The third-order valence-electron chi connectivity index (χ3n) is 5.69. The monoisotopic (exact) mass is 437 g/mol. The molecule has 2 aliphatic heterocycles. The number of fused-ring (bicyclic) bond motifs is 1. The van der Waals surface area contributed by atoms with E-state index >= 15 is 0 Å². The highest BCUT2D eigenvalue weighted by Gasteiger charge is 2.39. The maximum Gasteiger partial charge on any atom is 0.408 e. The first-order valence-corrected chi connectivity index (χ1v) is 10.3. The number of hydrogen-bond donors (Lipinski definition) is 2. The van der Waals surface area contributed by atoms with E-state index in [2.05, 4.69) is 20.6 Å². The van der Waals surface area contributed by atoms with E-state index in [1.165, 1.54) is 11.2 Å². The number of rotatable bonds is 5. The van der Waals surface area contributed by atoms with Crippen molar-refractivity contribution in [3.05, 3.63) is 59.2 Å². The Bertz CT molecular complexity index is 1070. The Balaban J connectivity index is 1.41. The van der Waals surface area contributed by atoms with E-state index in [1.54, 1.807) is 44.3 Å². The van der Waals surface area contributed by atoms with E-state index in [4.69, 9.17) is 4.74 Å². The molecular weight excluding hydrogens is 414 g/mol. The van der Waals surface area contributed by atoms with Gasteiger partial charge in [0.25, 0.3) is 5.91 Å². The Morgan fingerprint density at radius 1 is 1.25 bits per heavy atom. The Morgan fingerprint density at radius 3 is 2.78 bits per heavy atom. The van der Waals surface area contributed by atoms with Crippen LogP contribution >= 0.6 is 0 Å². The molecular formula is C22H23N5O5. The number of nitrogens with one attached hydrogen (secondary N) is 2. The fourth-order valence-electron chi connectivity index (χ4n) is 3.90. The van der Waals surface area contributed by atoms with Crippen LogP contribution in [0, 0.1) is 0 Å². The fourth-order valence-corrected chi connectivity index (χ4v) is 3.90. The second kappa shape index (κ2) is 8.74. The van der Waals surface area contributed by atoms with Crippen LogP contribution in [0.15, 0.2) is 36.8 Å². The molecule has 4 amide bonds. The molecule has 1 aromatic heterocycles. The van der Waals surface area contributed by atoms with Crippen LogP contribution in [0.3, 0.4) is 0 Å². The summed E-state index contributed by atoms with van der Waals surface area (Å²) in [6, 6.07) is 5.96. The van der Waals surface area contributed by atoms with E-state index < -0.39 is 24.1 Å². The largest absolute Gasteiger partial charge is 0.442 e. The van der Waals surface area contributed by atoms with Crippen molar-refractivity contribution >= 4 is 23.8 Å². The summed E-state index contributed by atoms with van der Waals surface area (Å²) in [6.45, 7) is 3.80. The molecule has 0 saturated carbocycles. The van der Waals surface area contributed by atoms with Crippen molar-refractivity contribution in [1.82, 2.24) is 25.5 Å². The summed E-state index contributed by atoms with van der Waals surface area (Å²) in [6.07, 6.45) is 2.29. The van der Waals surface area contributed by atoms with Crippen LogP contribution in [0.25, 0.3) is 0 Å². The number of imide groups is 1. The summed E-state index contributed by atoms with van der Waals surface area (Å²) in [5.41, 5.74) is 2.57. The Kier molecular flexibility index (Phi) is 5.85. The van der Waals surface area contributed by atoms with Gasteiger partial charge < -0.3 is 15.0 Å². The highest BCUT2D eigenvalue weighted by molar-refractivity contribution is 6.05. The average Bonchev–Trinajstić information content (AvgIpc) is 3.10. The van der Waals surface area contributed by atoms with Gasteiger partial charge in [-0.15, -0.1) is 0 Å². The Labute approximate surface area is 184 Å². The van der Waals surface area contributed by atoms with Crippen molar-refractivity contribution < 1.29 is 23.9 Å². The standard InChI is InChI=1S/C22H23N5O5/c1-12(17-7-8-23-11-24-17)25-22(31)32-13(2)14-3-4-15-10-27(21(30)16(15)9-14)18-5-6-19(28)26-20(18)29/h3-4,7-9,11-13,18H,5-6,10H2,1-2H3,(H,25,31)(H,26,28,29). The first-order valence-electron chi connectivity index (χ1n) is 10.3. The molecule has 0 aliphatic carbocycles. The van der Waals surface area contributed by atoms with Crippen molar-refractivity contribution in [2.75, 3.05) is 0 Å². The summed E-state index contributed by atoms with van der Waals surface area (Å²) in [5.74, 6) is -1.05. The number of alkyl carbamates (subject to hydrolysis) is 1. The smallest absolute Gasteiger partial charge is 0.408 e. The number of carbonyl (C=O) groups excluding carboxylic acids is 4. The van der Waals surface area contributed by atoms with Crippen LogP contribution in [0.2, 0.25) is 0 Å². The minimum Gasteiger partial charge on any atom is -0.442 e. The molecule has 1 aromatic carbocycles. The van der Waals surface area contributed by atoms with Crippen molar-refractivity contribution in [3.8, 4) is 0 Å². The van der Waals surface area contributed by atoms with Gasteiger partial charge in [-0.2, -0.15) is 0 Å². The first kappa shape index (κ1) is 21.4. The first-order chi connectivity index (χ1) is 15.3. The van der Waals surface area contributed by atoms with Gasteiger partial charge in [0, 0.05) is 24.7 Å². The number of hydrogen-bond acceptors (Lipinski definition) is 7. The molecule has 0 bridgehead atoms. The number of carbonyl (C=O) groups is 4. The van der Waals surface area contributed by atoms with Crippen LogP contribution in [0.4, 0.5) is 4.79 Å². The lowest BCUT2D eigenvalue weighted by Crippen LogP contribution is -2.52. The van der Waals surface area contributed by atoms with E-state index in [-0.39, 0.29) is 24.3 Å². The van der Waals surface area contributed by atoms with Gasteiger partial charge in [-0.3, -0.25) is 19.7 Å². The van der Waals surface area contributed by atoms with Gasteiger partial charge in [-0.25, -0.2) is 14.8 Å². The highest BCUT2D eigenvalue weighted by atomic mass is 16.6. The van der Waals surface area contributed by atoms with E-state index in [0.717, 1.165) is 5.56 Å². The van der Waals surface area contributed by atoms with Crippen molar-refractivity contribution in [3.63, 3.8) is 0 Å². The summed E-state index contributed by atoms with van der Waals surface area (Å²) in [7, 11) is 0. The summed E-state index contributed by atoms with van der Waals surface area (Å²) in [5, 5.41) is 5.01. The molecule has 166 valence electrons. The van der Waals surface area contributed by atoms with Crippen LogP contribution in [-0.2, 0) is 20.9 Å². The zero-order chi connectivity index (χ0) is 22.8. The van der Waals surface area contributed by atoms with Gasteiger partial charge in [-0.1, -0.05) is 12.1 Å². The molecule has 0 spiro atoms. The Morgan fingerprint density at radius 2 is 2.06 bits per heavy atom. The SMILES string of the molecule is CC(NC(=O)OC(C)c1ccc2c(c1)C(=O)N(C1CCC(=O)NC1=O)C2)c1ccncn1. The number of ether oxygens (including phenoxy) is 1. The molecule has 1 saturated heterocycles. The third-order valence-corrected chi connectivity index (χ3v) is 5.69. The van der Waals surface area contributed by atoms with Gasteiger partial charge in [0.05, 0.1) is 11.7 Å². The van der Waals surface area contributed by atoms with Crippen molar-refractivity contribution in [2.45, 2.75) is 51.4 Å². The summed E-state index contributed by atoms with van der Waals surface area (Å²) in [4.78, 5) is 58.3. The number of aromatic nitrogens is 2. The molecule has 2 aliphatic rings. The molecule has 32 heavy (non-hydrogen) atoms. The lowest BCUT2D eigenvalue weighted by atomic mass is 10.0. The number of amides is 4. The highest BCUT2D eigenvalue weighted by Crippen LogP contribution is 2.30. The number of nitrogens with zero attached hydrogens (tertiary/aromatic N) is 3. The van der Waals surface area contributed by atoms with E-state index in [1.807, 2.05) is 0 Å². The maximum atomic E-state index is 13.0. The molecule has 2 aromatic rings. The minimum absolute atomic E-state index is 0.204. The molecule has 10 nitrogen and oxygen atoms in total. The predicted molar refractivity (Wildman–Crippen MR) is 111 cm³/mol. The molecule has 3 atom stereocenters. The maximum absolute atomic E-state index is 13.0. The zero-order valence-electron chi connectivity index (χ0n) is 17.7. The van der Waals surface area contributed by atoms with Crippen LogP contribution < -0.4 is 10.6 Å². The summed E-state index contributed by atoms with van der Waals surface area (Å²) >= 11 is 0. The second-order valence-electron chi connectivity index (χ2n) is 7.86. The quantitative estimate of drug-likeness (QED) is 0.682. The molecule has 3 heterocycles. The average molecular weight is 437 g/mol. The summed E-state index contributed by atoms with van der Waals surface area (Å²) < 4.78 is 5.48. The Hall–Kier alpha value is -3.82. The lowest BCUT2D eigenvalue weighted by Gasteiger charge is -2.29. The normalized spacial score (nSPS) is 19.8. The molecule has 2 N–H and O–H groups in total. The number of piperidine rings is 1. The predicted octanol–water partition coefficient (Wildman–Crippen LogP) is 1.79. The number of benzene rings is 1. The van der Waals surface area contributed by atoms with E-state index in [0.29, 0.717) is 29.8 Å². The van der Waals surface area contributed by atoms with Gasteiger partial charge in [0.2, 0.25) is 11.8 Å². The second-order valence-corrected chi connectivity index (χ2v) is 7.86. The van der Waals surface area contributed by atoms with Crippen LogP contribution in [-0.4, -0.2) is 44.7 Å². The molecule has 0 radical (unpaired) electrons. The third kappa shape index (κ3) is 4.29. The van der Waals surface area contributed by atoms with Gasteiger partial charge in [-0.05, 0) is 43.5 Å². The van der Waals surface area contributed by atoms with E-state index in [9.17, 15) is 19.2 Å². The van der Waals surface area contributed by atoms with Crippen LogP contribution in [0.1, 0.15) is 66.0 Å². The zero-order valence-corrected chi connectivity index (χ0v) is 17.7. The van der Waals surface area contributed by atoms with Crippen molar-refractivity contribution in [1.29, 1.82) is 0 Å². The molecule has 3 unspecified atom stereocenters. The molecule has 4 rings (SSSR count). The minimum atomic E-state index is -0.668. The van der Waals surface area contributed by atoms with Crippen molar-refractivity contribution in [2.24, 2.45) is 0 Å². The topological polar surface area (TPSA) is 131 Å². The van der Waals surface area contributed by atoms with Gasteiger partial charge in [0.15, 0.2) is 0 Å². The lowest BCUT2D eigenvalue weighted by molar-refractivity contribution is -0.136. The van der Waals surface area contributed by atoms with Gasteiger partial charge in [0.1, 0.15) is 18.5 Å². The van der Waals surface area contributed by atoms with Crippen LogP contribution in [0.5, 0.6) is 0 Å². The molecule has 10 heteroatoms. The fraction of sp³-hybridized carbons (Fsp3) is 0.364. The molecule has 1 fully saturated rings. The van der Waals surface area contributed by atoms with Gasteiger partial charge >= 0.3 is 6.09 Å².